The third kappa shape index (κ3) is 3.73. The predicted molar refractivity (Wildman–Crippen MR) is 82.4 cm³/mol. The summed E-state index contributed by atoms with van der Waals surface area (Å²) in [6.07, 6.45) is 5.38. The maximum absolute atomic E-state index is 12.5. The monoisotopic (exact) mass is 281 g/mol. The fraction of sp³-hybridized carbons (Fsp3) is 0.938. The number of rotatable bonds is 5. The Hall–Kier alpha value is -0.610. The minimum atomic E-state index is 0.321. The second-order valence-electron chi connectivity index (χ2n) is 7.11. The van der Waals surface area contributed by atoms with Crippen molar-refractivity contribution in [3.63, 3.8) is 0 Å². The Morgan fingerprint density at radius 3 is 2.60 bits per heavy atom. The Bertz CT molecular complexity index is 332. The Balaban J connectivity index is 1.89. The van der Waals surface area contributed by atoms with Crippen LogP contribution >= 0.6 is 0 Å². The summed E-state index contributed by atoms with van der Waals surface area (Å²) >= 11 is 0. The number of likely N-dealkylation sites (N-methyl/N-ethyl adjacent to an activating group) is 1. The van der Waals surface area contributed by atoms with Crippen LogP contribution in [0.5, 0.6) is 0 Å². The first kappa shape index (κ1) is 15.8. The van der Waals surface area contributed by atoms with Crippen LogP contribution in [0.25, 0.3) is 0 Å². The van der Waals surface area contributed by atoms with Gasteiger partial charge in [0.25, 0.3) is 0 Å². The molecule has 2 fully saturated rings. The molecular weight excluding hydrogens is 250 g/mol. The smallest absolute Gasteiger partial charge is 0.222 e. The lowest BCUT2D eigenvalue weighted by Gasteiger charge is -2.27. The van der Waals surface area contributed by atoms with E-state index < -0.39 is 0 Å². The van der Waals surface area contributed by atoms with Crippen molar-refractivity contribution in [2.24, 2.45) is 17.6 Å². The first-order valence-electron chi connectivity index (χ1n) is 8.21. The molecule has 0 spiro atoms. The van der Waals surface area contributed by atoms with Gasteiger partial charge in [-0.3, -0.25) is 9.69 Å². The van der Waals surface area contributed by atoms with Crippen molar-refractivity contribution >= 4 is 5.91 Å². The van der Waals surface area contributed by atoms with Gasteiger partial charge in [0.05, 0.1) is 0 Å². The molecule has 1 amide bonds. The molecule has 116 valence electrons. The summed E-state index contributed by atoms with van der Waals surface area (Å²) in [4.78, 5) is 17.1. The highest BCUT2D eigenvalue weighted by Crippen LogP contribution is 2.29. The number of hydrogen-bond donors (Lipinski definition) is 1. The van der Waals surface area contributed by atoms with Crippen LogP contribution in [0.1, 0.15) is 46.0 Å². The number of likely N-dealkylation sites (tertiary alicyclic amines) is 1. The number of hydrogen-bond acceptors (Lipinski definition) is 3. The minimum absolute atomic E-state index is 0.321. The first-order valence-corrected chi connectivity index (χ1v) is 8.21. The molecule has 0 aliphatic carbocycles. The second kappa shape index (κ2) is 6.90. The van der Waals surface area contributed by atoms with Crippen LogP contribution in [0.2, 0.25) is 0 Å². The van der Waals surface area contributed by atoms with Crippen molar-refractivity contribution in [2.75, 3.05) is 26.7 Å². The third-order valence-electron chi connectivity index (χ3n) is 5.10. The maximum atomic E-state index is 12.5. The maximum Gasteiger partial charge on any atom is 0.222 e. The summed E-state index contributed by atoms with van der Waals surface area (Å²) < 4.78 is 0. The van der Waals surface area contributed by atoms with Gasteiger partial charge in [0.1, 0.15) is 0 Å². The molecule has 0 aromatic carbocycles. The van der Waals surface area contributed by atoms with Crippen molar-refractivity contribution in [3.8, 4) is 0 Å². The van der Waals surface area contributed by atoms with Crippen LogP contribution in [-0.2, 0) is 4.79 Å². The van der Waals surface area contributed by atoms with E-state index in [1.807, 2.05) is 0 Å². The van der Waals surface area contributed by atoms with Gasteiger partial charge in [-0.25, -0.2) is 0 Å². The molecule has 2 heterocycles. The fourth-order valence-electron chi connectivity index (χ4n) is 3.84. The van der Waals surface area contributed by atoms with E-state index in [9.17, 15) is 4.79 Å². The average molecular weight is 281 g/mol. The van der Waals surface area contributed by atoms with Crippen molar-refractivity contribution in [1.29, 1.82) is 0 Å². The SMILES string of the molecule is CC(C)C[C@H](CN)CC(=O)N1CCC2CCC(C1)N2C. The number of fused-ring (bicyclic) bond motifs is 2. The van der Waals surface area contributed by atoms with Crippen LogP contribution in [-0.4, -0.2) is 54.5 Å². The molecule has 0 saturated carbocycles. The highest BCUT2D eigenvalue weighted by Gasteiger charge is 2.36. The number of amides is 1. The second-order valence-corrected chi connectivity index (χ2v) is 7.11. The Kier molecular flexibility index (Phi) is 5.44. The van der Waals surface area contributed by atoms with E-state index in [1.54, 1.807) is 0 Å². The van der Waals surface area contributed by atoms with E-state index in [1.165, 1.54) is 12.8 Å². The first-order chi connectivity index (χ1) is 9.51. The molecule has 0 radical (unpaired) electrons. The van der Waals surface area contributed by atoms with Crippen molar-refractivity contribution in [2.45, 2.75) is 58.0 Å². The standard InChI is InChI=1S/C16H31N3O/c1-12(2)8-13(10-17)9-16(20)19-7-6-14-4-5-15(11-19)18(14)3/h12-15H,4-11,17H2,1-3H3/t13-,14?,15?/m0/s1. The summed E-state index contributed by atoms with van der Waals surface area (Å²) in [7, 11) is 2.22. The molecule has 2 aliphatic heterocycles. The van der Waals surface area contributed by atoms with Gasteiger partial charge in [-0.1, -0.05) is 13.8 Å². The Labute approximate surface area is 123 Å². The zero-order chi connectivity index (χ0) is 14.7. The van der Waals surface area contributed by atoms with Crippen LogP contribution in [0.4, 0.5) is 0 Å². The average Bonchev–Trinajstić information content (AvgIpc) is 2.61. The number of carbonyl (C=O) groups excluding carboxylic acids is 1. The van der Waals surface area contributed by atoms with Crippen LogP contribution < -0.4 is 5.73 Å². The van der Waals surface area contributed by atoms with E-state index in [4.69, 9.17) is 5.73 Å². The molecular formula is C16H31N3O. The lowest BCUT2D eigenvalue weighted by atomic mass is 9.93. The summed E-state index contributed by atoms with van der Waals surface area (Å²) in [5, 5.41) is 0. The van der Waals surface area contributed by atoms with Crippen molar-refractivity contribution in [1.82, 2.24) is 9.80 Å². The van der Waals surface area contributed by atoms with Crippen LogP contribution in [0.15, 0.2) is 0 Å². The molecule has 20 heavy (non-hydrogen) atoms. The van der Waals surface area contributed by atoms with Gasteiger partial charge in [0.15, 0.2) is 0 Å². The normalized spacial score (nSPS) is 28.8. The molecule has 0 aromatic heterocycles. The molecule has 2 saturated heterocycles. The van der Waals surface area contributed by atoms with E-state index in [0.717, 1.165) is 25.9 Å². The van der Waals surface area contributed by atoms with Crippen LogP contribution in [0, 0.1) is 11.8 Å². The molecule has 2 N–H and O–H groups in total. The van der Waals surface area contributed by atoms with Gasteiger partial charge in [-0.2, -0.15) is 0 Å². The van der Waals surface area contributed by atoms with Gasteiger partial charge >= 0.3 is 0 Å². The number of nitrogens with zero attached hydrogens (tertiary/aromatic N) is 2. The number of nitrogens with two attached hydrogens (primary N) is 1. The van der Waals surface area contributed by atoms with Crippen molar-refractivity contribution in [3.05, 3.63) is 0 Å². The molecule has 2 aliphatic rings. The lowest BCUT2D eigenvalue weighted by Crippen LogP contribution is -2.40. The molecule has 2 rings (SSSR count). The van der Waals surface area contributed by atoms with Crippen LogP contribution in [0.3, 0.4) is 0 Å². The molecule has 2 unspecified atom stereocenters. The molecule has 4 nitrogen and oxygen atoms in total. The van der Waals surface area contributed by atoms with Gasteiger partial charge in [-0.15, -0.1) is 0 Å². The molecule has 2 bridgehead atoms. The Morgan fingerprint density at radius 1 is 1.25 bits per heavy atom. The lowest BCUT2D eigenvalue weighted by molar-refractivity contribution is -0.132. The highest BCUT2D eigenvalue weighted by atomic mass is 16.2. The quantitative estimate of drug-likeness (QED) is 0.834. The summed E-state index contributed by atoms with van der Waals surface area (Å²) in [5.41, 5.74) is 5.83. The summed E-state index contributed by atoms with van der Waals surface area (Å²) in [6.45, 7) is 6.89. The van der Waals surface area contributed by atoms with Gasteiger partial charge in [0, 0.05) is 31.6 Å². The summed E-state index contributed by atoms with van der Waals surface area (Å²) in [6, 6.07) is 1.27. The van der Waals surface area contributed by atoms with Gasteiger partial charge < -0.3 is 10.6 Å². The van der Waals surface area contributed by atoms with Gasteiger partial charge in [0.2, 0.25) is 5.91 Å². The number of carbonyl (C=O) groups is 1. The highest BCUT2D eigenvalue weighted by molar-refractivity contribution is 5.76. The van der Waals surface area contributed by atoms with E-state index >= 15 is 0 Å². The minimum Gasteiger partial charge on any atom is -0.341 e. The molecule has 4 heteroatoms. The van der Waals surface area contributed by atoms with E-state index in [0.29, 0.717) is 42.8 Å². The Morgan fingerprint density at radius 2 is 1.95 bits per heavy atom. The zero-order valence-electron chi connectivity index (χ0n) is 13.3. The predicted octanol–water partition coefficient (Wildman–Crippen LogP) is 1.69. The van der Waals surface area contributed by atoms with Crippen molar-refractivity contribution < 1.29 is 4.79 Å². The third-order valence-corrected chi connectivity index (χ3v) is 5.10. The summed E-state index contributed by atoms with van der Waals surface area (Å²) in [5.74, 6) is 1.28. The topological polar surface area (TPSA) is 49.6 Å². The van der Waals surface area contributed by atoms with E-state index in [-0.39, 0.29) is 0 Å². The zero-order valence-corrected chi connectivity index (χ0v) is 13.3. The molecule has 3 atom stereocenters. The van der Waals surface area contributed by atoms with E-state index in [2.05, 4.69) is 30.7 Å². The fourth-order valence-corrected chi connectivity index (χ4v) is 3.84. The largest absolute Gasteiger partial charge is 0.341 e. The molecule has 0 aromatic rings. The van der Waals surface area contributed by atoms with Gasteiger partial charge in [-0.05, 0) is 51.1 Å².